The minimum absolute atomic E-state index is 0.0676. The van der Waals surface area contributed by atoms with Crippen molar-refractivity contribution in [2.45, 2.75) is 32.1 Å². The lowest BCUT2D eigenvalue weighted by molar-refractivity contribution is 0.0505. The summed E-state index contributed by atoms with van der Waals surface area (Å²) in [6.07, 6.45) is 2.60. The summed E-state index contributed by atoms with van der Waals surface area (Å²) < 4.78 is 16.2. The number of methoxy groups -OCH3 is 1. The Morgan fingerprint density at radius 3 is 2.56 bits per heavy atom. The Hall–Kier alpha value is -2.33. The van der Waals surface area contributed by atoms with Gasteiger partial charge in [-0.2, -0.15) is 0 Å². The van der Waals surface area contributed by atoms with Crippen molar-refractivity contribution in [1.29, 1.82) is 0 Å². The third-order valence-electron chi connectivity index (χ3n) is 4.60. The molecule has 0 bridgehead atoms. The lowest BCUT2D eigenvalue weighted by atomic mass is 9.85. The molecule has 0 spiro atoms. The third kappa shape index (κ3) is 3.85. The van der Waals surface area contributed by atoms with E-state index < -0.39 is 0 Å². The highest BCUT2D eigenvalue weighted by atomic mass is 16.7. The molecule has 0 saturated heterocycles. The Bertz CT molecular complexity index is 764. The van der Waals surface area contributed by atoms with E-state index in [2.05, 4.69) is 32.0 Å². The van der Waals surface area contributed by atoms with E-state index in [0.717, 1.165) is 37.0 Å². The first-order valence-electron chi connectivity index (χ1n) is 8.49. The fourth-order valence-electron chi connectivity index (χ4n) is 3.09. The minimum Gasteiger partial charge on any atom is -0.492 e. The van der Waals surface area contributed by atoms with Gasteiger partial charge in [0.05, 0.1) is 12.2 Å². The van der Waals surface area contributed by atoms with Gasteiger partial charge in [0.1, 0.15) is 11.5 Å². The van der Waals surface area contributed by atoms with Gasteiger partial charge in [0.15, 0.2) is 13.1 Å². The van der Waals surface area contributed by atoms with Crippen LogP contribution in [0.1, 0.15) is 40.9 Å². The number of hydrogen-bond acceptors (Lipinski definition) is 4. The molecule has 3 rings (SSSR count). The molecule has 1 heterocycles. The molecule has 0 aromatic heterocycles. The lowest BCUT2D eigenvalue weighted by Crippen LogP contribution is -2.18. The van der Waals surface area contributed by atoms with Crippen LogP contribution in [0, 0.1) is 0 Å². The van der Waals surface area contributed by atoms with Gasteiger partial charge in [-0.25, -0.2) is 0 Å². The van der Waals surface area contributed by atoms with Crippen molar-refractivity contribution in [3.63, 3.8) is 0 Å². The van der Waals surface area contributed by atoms with E-state index in [4.69, 9.17) is 14.2 Å². The molecule has 2 aromatic carbocycles. The SMILES string of the molecule is COCOc1cc(CCc2ccc3c(c2)C(C)(C)CO3)ccc1C=O. The molecule has 0 amide bonds. The van der Waals surface area contributed by atoms with Crippen LogP contribution < -0.4 is 9.47 Å². The highest BCUT2D eigenvalue weighted by Crippen LogP contribution is 2.38. The van der Waals surface area contributed by atoms with Crippen molar-refractivity contribution in [1.82, 2.24) is 0 Å². The maximum Gasteiger partial charge on any atom is 0.188 e. The first-order valence-corrected chi connectivity index (χ1v) is 8.49. The molecule has 4 nitrogen and oxygen atoms in total. The van der Waals surface area contributed by atoms with Crippen molar-refractivity contribution >= 4 is 6.29 Å². The van der Waals surface area contributed by atoms with E-state index in [0.29, 0.717) is 11.3 Å². The molecule has 4 heteroatoms. The summed E-state index contributed by atoms with van der Waals surface area (Å²) in [6, 6.07) is 12.1. The Balaban J connectivity index is 1.73. The summed E-state index contributed by atoms with van der Waals surface area (Å²) in [5.41, 5.74) is 4.31. The predicted molar refractivity (Wildman–Crippen MR) is 96.7 cm³/mol. The molecule has 25 heavy (non-hydrogen) atoms. The number of aryl methyl sites for hydroxylation is 2. The van der Waals surface area contributed by atoms with Crippen LogP contribution in [0.25, 0.3) is 0 Å². The average Bonchev–Trinajstić information content (AvgIpc) is 2.93. The van der Waals surface area contributed by atoms with Gasteiger partial charge in [-0.1, -0.05) is 32.0 Å². The number of benzene rings is 2. The van der Waals surface area contributed by atoms with E-state index >= 15 is 0 Å². The van der Waals surface area contributed by atoms with Gasteiger partial charge in [-0.05, 0) is 42.2 Å². The third-order valence-corrected chi connectivity index (χ3v) is 4.60. The second-order valence-electron chi connectivity index (χ2n) is 7.04. The number of fused-ring (bicyclic) bond motifs is 1. The van der Waals surface area contributed by atoms with Crippen LogP contribution in [0.3, 0.4) is 0 Å². The van der Waals surface area contributed by atoms with E-state index in [1.54, 1.807) is 13.2 Å². The summed E-state index contributed by atoms with van der Waals surface area (Å²) >= 11 is 0. The molecule has 1 aliphatic rings. The zero-order chi connectivity index (χ0) is 17.9. The molecular formula is C21H24O4. The van der Waals surface area contributed by atoms with Crippen LogP contribution >= 0.6 is 0 Å². The number of hydrogen-bond donors (Lipinski definition) is 0. The summed E-state index contributed by atoms with van der Waals surface area (Å²) in [5.74, 6) is 1.57. The second-order valence-corrected chi connectivity index (χ2v) is 7.04. The molecule has 0 atom stereocenters. The van der Waals surface area contributed by atoms with Crippen molar-refractivity contribution in [3.8, 4) is 11.5 Å². The van der Waals surface area contributed by atoms with Crippen molar-refractivity contribution in [2.24, 2.45) is 0 Å². The zero-order valence-electron chi connectivity index (χ0n) is 15.0. The first-order chi connectivity index (χ1) is 12.0. The van der Waals surface area contributed by atoms with Gasteiger partial charge in [-0.15, -0.1) is 0 Å². The smallest absolute Gasteiger partial charge is 0.188 e. The van der Waals surface area contributed by atoms with E-state index in [1.165, 1.54) is 11.1 Å². The maximum atomic E-state index is 11.1. The second kappa shape index (κ2) is 7.28. The van der Waals surface area contributed by atoms with Gasteiger partial charge in [0, 0.05) is 18.1 Å². The molecule has 2 aromatic rings. The Morgan fingerprint density at radius 1 is 1.12 bits per heavy atom. The molecule has 0 radical (unpaired) electrons. The first kappa shape index (κ1) is 17.5. The molecule has 0 saturated carbocycles. The van der Waals surface area contributed by atoms with E-state index in [1.807, 2.05) is 12.1 Å². The number of aldehydes is 1. The highest BCUT2D eigenvalue weighted by Gasteiger charge is 2.31. The summed E-state index contributed by atoms with van der Waals surface area (Å²) in [5, 5.41) is 0. The Labute approximate surface area is 148 Å². The van der Waals surface area contributed by atoms with Crippen LogP contribution in [0.15, 0.2) is 36.4 Å². The number of rotatable bonds is 7. The van der Waals surface area contributed by atoms with Gasteiger partial charge < -0.3 is 14.2 Å². The largest absolute Gasteiger partial charge is 0.492 e. The molecule has 0 aliphatic carbocycles. The fourth-order valence-corrected chi connectivity index (χ4v) is 3.09. The van der Waals surface area contributed by atoms with Gasteiger partial charge in [0.25, 0.3) is 0 Å². The molecular weight excluding hydrogens is 316 g/mol. The zero-order valence-corrected chi connectivity index (χ0v) is 15.0. The van der Waals surface area contributed by atoms with Gasteiger partial charge >= 0.3 is 0 Å². The normalized spacial score (nSPS) is 14.7. The summed E-state index contributed by atoms with van der Waals surface area (Å²) in [6.45, 7) is 5.28. The van der Waals surface area contributed by atoms with E-state index in [-0.39, 0.29) is 12.2 Å². The molecule has 1 aliphatic heterocycles. The number of carbonyl (C=O) groups is 1. The monoisotopic (exact) mass is 340 g/mol. The van der Waals surface area contributed by atoms with Crippen LogP contribution in [0.5, 0.6) is 11.5 Å². The minimum atomic E-state index is 0.0676. The van der Waals surface area contributed by atoms with Crippen LogP contribution in [0.2, 0.25) is 0 Å². The predicted octanol–water partition coefficient (Wildman–Crippen LogP) is 3.94. The van der Waals surface area contributed by atoms with Crippen molar-refractivity contribution in [2.75, 3.05) is 20.5 Å². The Kier molecular flexibility index (Phi) is 5.09. The standard InChI is InChI=1S/C21H24O4/c1-21(2)13-24-19-9-7-15(10-18(19)21)4-5-16-6-8-17(12-22)20(11-16)25-14-23-3/h6-12H,4-5,13-14H2,1-3H3. The van der Waals surface area contributed by atoms with Crippen LogP contribution in [-0.4, -0.2) is 26.8 Å². The Morgan fingerprint density at radius 2 is 1.84 bits per heavy atom. The quantitative estimate of drug-likeness (QED) is 0.566. The topological polar surface area (TPSA) is 44.8 Å². The molecule has 0 N–H and O–H groups in total. The fraction of sp³-hybridized carbons (Fsp3) is 0.381. The van der Waals surface area contributed by atoms with Gasteiger partial charge in [-0.3, -0.25) is 4.79 Å². The molecule has 0 unspecified atom stereocenters. The number of carbonyl (C=O) groups excluding carboxylic acids is 1. The van der Waals surface area contributed by atoms with Crippen LogP contribution in [0.4, 0.5) is 0 Å². The van der Waals surface area contributed by atoms with E-state index in [9.17, 15) is 4.79 Å². The van der Waals surface area contributed by atoms with Crippen LogP contribution in [-0.2, 0) is 23.0 Å². The molecule has 0 fully saturated rings. The average molecular weight is 340 g/mol. The molecule has 132 valence electrons. The highest BCUT2D eigenvalue weighted by molar-refractivity contribution is 5.79. The number of ether oxygens (including phenoxy) is 3. The van der Waals surface area contributed by atoms with Gasteiger partial charge in [0.2, 0.25) is 0 Å². The maximum absolute atomic E-state index is 11.1. The lowest BCUT2D eigenvalue weighted by Gasteiger charge is -2.16. The van der Waals surface area contributed by atoms with Crippen molar-refractivity contribution < 1.29 is 19.0 Å². The van der Waals surface area contributed by atoms with Crippen molar-refractivity contribution in [3.05, 3.63) is 58.7 Å². The summed E-state index contributed by atoms with van der Waals surface area (Å²) in [4.78, 5) is 11.1. The summed E-state index contributed by atoms with van der Waals surface area (Å²) in [7, 11) is 1.56.